The van der Waals surface area contributed by atoms with E-state index < -0.39 is 0 Å². The standard InChI is InChI=1S/C14H14BrCl2N3/c1-3-11-12(15)14(18-4-2)20-13(19-11)8-5-9(16)7-10(17)6-8/h5-7H,3-4H2,1-2H3,(H,18,19,20). The fourth-order valence-electron chi connectivity index (χ4n) is 1.82. The monoisotopic (exact) mass is 373 g/mol. The lowest BCUT2D eigenvalue weighted by molar-refractivity contribution is 0.984. The van der Waals surface area contributed by atoms with Gasteiger partial charge in [-0.25, -0.2) is 9.97 Å². The van der Waals surface area contributed by atoms with Crippen LogP contribution in [0.25, 0.3) is 11.4 Å². The molecule has 20 heavy (non-hydrogen) atoms. The van der Waals surface area contributed by atoms with Crippen molar-refractivity contribution in [1.82, 2.24) is 9.97 Å². The molecule has 6 heteroatoms. The van der Waals surface area contributed by atoms with Gasteiger partial charge in [0.15, 0.2) is 5.82 Å². The van der Waals surface area contributed by atoms with Crippen molar-refractivity contribution in [3.05, 3.63) is 38.4 Å². The highest BCUT2D eigenvalue weighted by Crippen LogP contribution is 2.30. The molecule has 2 rings (SSSR count). The summed E-state index contributed by atoms with van der Waals surface area (Å²) in [4.78, 5) is 9.11. The molecule has 0 saturated carbocycles. The van der Waals surface area contributed by atoms with Gasteiger partial charge in [0.1, 0.15) is 5.82 Å². The first kappa shape index (κ1) is 15.5. The van der Waals surface area contributed by atoms with Crippen LogP contribution in [0.3, 0.4) is 0 Å². The second-order valence-electron chi connectivity index (χ2n) is 4.20. The molecule has 0 aliphatic heterocycles. The molecule has 0 aliphatic rings. The third kappa shape index (κ3) is 3.43. The maximum absolute atomic E-state index is 6.04. The van der Waals surface area contributed by atoms with Crippen molar-refractivity contribution in [2.24, 2.45) is 0 Å². The minimum absolute atomic E-state index is 0.571. The van der Waals surface area contributed by atoms with E-state index in [1.165, 1.54) is 0 Å². The Hall–Kier alpha value is -0.840. The molecule has 2 aromatic rings. The molecule has 3 nitrogen and oxygen atoms in total. The summed E-state index contributed by atoms with van der Waals surface area (Å²) in [6.07, 6.45) is 0.808. The van der Waals surface area contributed by atoms with Gasteiger partial charge in [-0.15, -0.1) is 0 Å². The van der Waals surface area contributed by atoms with Crippen LogP contribution in [0.15, 0.2) is 22.7 Å². The van der Waals surface area contributed by atoms with Gasteiger partial charge in [0.2, 0.25) is 0 Å². The molecule has 0 unspecified atom stereocenters. The predicted octanol–water partition coefficient (Wildman–Crippen LogP) is 5.21. The van der Waals surface area contributed by atoms with Crippen LogP contribution < -0.4 is 5.32 Å². The van der Waals surface area contributed by atoms with E-state index in [1.807, 2.05) is 19.1 Å². The quantitative estimate of drug-likeness (QED) is 0.798. The topological polar surface area (TPSA) is 37.8 Å². The molecule has 0 atom stereocenters. The Labute approximate surface area is 136 Å². The Kier molecular flexibility index (Phi) is 5.24. The van der Waals surface area contributed by atoms with Crippen LogP contribution in [0, 0.1) is 0 Å². The van der Waals surface area contributed by atoms with Crippen molar-refractivity contribution in [2.75, 3.05) is 11.9 Å². The Balaban J connectivity index is 2.58. The molecule has 0 bridgehead atoms. The summed E-state index contributed by atoms with van der Waals surface area (Å²) in [5.41, 5.74) is 1.76. The van der Waals surface area contributed by atoms with Crippen molar-refractivity contribution in [3.63, 3.8) is 0 Å². The van der Waals surface area contributed by atoms with Gasteiger partial charge in [-0.1, -0.05) is 30.1 Å². The highest BCUT2D eigenvalue weighted by Gasteiger charge is 2.12. The van der Waals surface area contributed by atoms with Crippen LogP contribution in [0.2, 0.25) is 10.0 Å². The average molecular weight is 375 g/mol. The SMILES string of the molecule is CCNc1nc(-c2cc(Cl)cc(Cl)c2)nc(CC)c1Br. The van der Waals surface area contributed by atoms with Gasteiger partial charge in [0.25, 0.3) is 0 Å². The zero-order chi connectivity index (χ0) is 14.7. The Morgan fingerprint density at radius 3 is 2.30 bits per heavy atom. The molecule has 1 aromatic heterocycles. The molecular formula is C14H14BrCl2N3. The lowest BCUT2D eigenvalue weighted by atomic mass is 10.2. The van der Waals surface area contributed by atoms with E-state index in [0.717, 1.165) is 34.5 Å². The van der Waals surface area contributed by atoms with Gasteiger partial charge in [0.05, 0.1) is 10.2 Å². The largest absolute Gasteiger partial charge is 0.369 e. The maximum Gasteiger partial charge on any atom is 0.161 e. The number of nitrogens with one attached hydrogen (secondary N) is 1. The van der Waals surface area contributed by atoms with E-state index >= 15 is 0 Å². The molecule has 106 valence electrons. The number of aromatic nitrogens is 2. The number of rotatable bonds is 4. The van der Waals surface area contributed by atoms with Crippen LogP contribution in [0.4, 0.5) is 5.82 Å². The molecule has 1 N–H and O–H groups in total. The Morgan fingerprint density at radius 2 is 1.75 bits per heavy atom. The molecule has 0 amide bonds. The van der Waals surface area contributed by atoms with E-state index in [1.54, 1.807) is 6.07 Å². The van der Waals surface area contributed by atoms with E-state index in [9.17, 15) is 0 Å². The molecule has 0 radical (unpaired) electrons. The molecule has 0 saturated heterocycles. The fraction of sp³-hybridized carbons (Fsp3) is 0.286. The summed E-state index contributed by atoms with van der Waals surface area (Å²) in [6, 6.07) is 5.31. The lowest BCUT2D eigenvalue weighted by Gasteiger charge is -2.11. The van der Waals surface area contributed by atoms with Crippen molar-refractivity contribution >= 4 is 44.9 Å². The van der Waals surface area contributed by atoms with Crippen LogP contribution in [0.1, 0.15) is 19.5 Å². The van der Waals surface area contributed by atoms with Crippen LogP contribution in [0.5, 0.6) is 0 Å². The predicted molar refractivity (Wildman–Crippen MR) is 88.7 cm³/mol. The summed E-state index contributed by atoms with van der Waals surface area (Å²) < 4.78 is 0.902. The van der Waals surface area contributed by atoms with E-state index in [-0.39, 0.29) is 0 Å². The van der Waals surface area contributed by atoms with E-state index in [4.69, 9.17) is 23.2 Å². The van der Waals surface area contributed by atoms with Gasteiger partial charge in [-0.05, 0) is 47.5 Å². The third-order valence-electron chi connectivity index (χ3n) is 2.72. The summed E-state index contributed by atoms with van der Waals surface area (Å²) in [5.74, 6) is 1.40. The lowest BCUT2D eigenvalue weighted by Crippen LogP contribution is -2.05. The molecule has 0 fully saturated rings. The van der Waals surface area contributed by atoms with Crippen LogP contribution in [-0.2, 0) is 6.42 Å². The minimum Gasteiger partial charge on any atom is -0.369 e. The van der Waals surface area contributed by atoms with Crippen molar-refractivity contribution < 1.29 is 0 Å². The van der Waals surface area contributed by atoms with Crippen molar-refractivity contribution in [1.29, 1.82) is 0 Å². The smallest absolute Gasteiger partial charge is 0.161 e. The maximum atomic E-state index is 6.04. The van der Waals surface area contributed by atoms with Crippen LogP contribution >= 0.6 is 39.1 Å². The van der Waals surface area contributed by atoms with E-state index in [0.29, 0.717) is 15.9 Å². The number of hydrogen-bond donors (Lipinski definition) is 1. The number of benzene rings is 1. The highest BCUT2D eigenvalue weighted by atomic mass is 79.9. The minimum atomic E-state index is 0.571. The summed E-state index contributed by atoms with van der Waals surface area (Å²) >= 11 is 15.6. The zero-order valence-corrected chi connectivity index (χ0v) is 14.3. The number of aryl methyl sites for hydroxylation is 1. The summed E-state index contributed by atoms with van der Waals surface area (Å²) in [6.45, 7) is 4.86. The number of halogens is 3. The third-order valence-corrected chi connectivity index (χ3v) is 3.99. The molecule has 1 aromatic carbocycles. The van der Waals surface area contributed by atoms with Crippen molar-refractivity contribution in [3.8, 4) is 11.4 Å². The second kappa shape index (κ2) is 6.74. The first-order chi connectivity index (χ1) is 9.55. The summed E-state index contributed by atoms with van der Waals surface area (Å²) in [7, 11) is 0. The van der Waals surface area contributed by atoms with Gasteiger partial charge >= 0.3 is 0 Å². The van der Waals surface area contributed by atoms with Gasteiger partial charge in [-0.2, -0.15) is 0 Å². The van der Waals surface area contributed by atoms with E-state index in [2.05, 4.69) is 38.1 Å². The Bertz CT molecular complexity index is 612. The number of hydrogen-bond acceptors (Lipinski definition) is 3. The van der Waals surface area contributed by atoms with Gasteiger partial charge < -0.3 is 5.32 Å². The zero-order valence-electron chi connectivity index (χ0n) is 11.2. The molecule has 0 spiro atoms. The van der Waals surface area contributed by atoms with Gasteiger partial charge in [-0.3, -0.25) is 0 Å². The van der Waals surface area contributed by atoms with Crippen molar-refractivity contribution in [2.45, 2.75) is 20.3 Å². The number of anilines is 1. The molecule has 0 aliphatic carbocycles. The Morgan fingerprint density at radius 1 is 1.10 bits per heavy atom. The summed E-state index contributed by atoms with van der Waals surface area (Å²) in [5, 5.41) is 4.37. The van der Waals surface area contributed by atoms with Gasteiger partial charge in [0, 0.05) is 22.2 Å². The van der Waals surface area contributed by atoms with Crippen LogP contribution in [-0.4, -0.2) is 16.5 Å². The highest BCUT2D eigenvalue weighted by molar-refractivity contribution is 9.10. The second-order valence-corrected chi connectivity index (χ2v) is 5.86. The fourth-order valence-corrected chi connectivity index (χ4v) is 2.95. The first-order valence-corrected chi connectivity index (χ1v) is 7.86. The average Bonchev–Trinajstić information content (AvgIpc) is 2.40. The number of nitrogens with zero attached hydrogens (tertiary/aromatic N) is 2. The molecule has 1 heterocycles. The first-order valence-electron chi connectivity index (χ1n) is 6.31. The normalized spacial score (nSPS) is 10.7. The molecular weight excluding hydrogens is 361 g/mol.